The molecule has 0 bridgehead atoms. The van der Waals surface area contributed by atoms with E-state index in [2.05, 4.69) is 87.3 Å². The van der Waals surface area contributed by atoms with Crippen molar-refractivity contribution in [3.63, 3.8) is 0 Å². The average Bonchev–Trinajstić information content (AvgIpc) is 3.22. The van der Waals surface area contributed by atoms with Crippen molar-refractivity contribution >= 4 is 40.6 Å². The minimum Gasteiger partial charge on any atom is -0.382 e. The fraction of sp³-hybridized carbons (Fsp3) is 0.182. The normalized spacial score (nSPS) is 15.5. The van der Waals surface area contributed by atoms with E-state index in [0.29, 0.717) is 27.9 Å². The Morgan fingerprint density at radius 1 is 1.07 bits per heavy atom. The Morgan fingerprint density at radius 3 is 2.77 bits per heavy atom. The van der Waals surface area contributed by atoms with Gasteiger partial charge >= 0.3 is 0 Å². The van der Waals surface area contributed by atoms with Gasteiger partial charge in [-0.3, -0.25) is 4.99 Å². The zero-order valence-electron chi connectivity index (χ0n) is 16.7. The molecule has 1 unspecified atom stereocenters. The first-order valence-corrected chi connectivity index (χ1v) is 10.7. The Hall–Kier alpha value is -3.39. The number of nitrogen functional groups attached to an aromatic ring is 1. The van der Waals surface area contributed by atoms with Gasteiger partial charge in [-0.1, -0.05) is 42.1 Å². The summed E-state index contributed by atoms with van der Waals surface area (Å²) in [5.74, 6) is 1.08. The summed E-state index contributed by atoms with van der Waals surface area (Å²) in [5.41, 5.74) is 10.9. The quantitative estimate of drug-likeness (QED) is 0.393. The van der Waals surface area contributed by atoms with Gasteiger partial charge in [-0.25, -0.2) is 15.0 Å². The lowest BCUT2D eigenvalue weighted by atomic mass is 10.1. The monoisotopic (exact) mass is 415 g/mol. The van der Waals surface area contributed by atoms with E-state index in [1.807, 2.05) is 0 Å². The maximum Gasteiger partial charge on any atom is 0.191 e. The molecular weight excluding hydrogens is 394 g/mol. The number of para-hydroxylation sites is 1. The van der Waals surface area contributed by atoms with E-state index in [1.165, 1.54) is 22.9 Å². The number of thioether (sulfide) groups is 1. The van der Waals surface area contributed by atoms with Crippen molar-refractivity contribution in [1.82, 2.24) is 19.9 Å². The number of imidazole rings is 1. The number of nitrogens with two attached hydrogens (primary N) is 1. The van der Waals surface area contributed by atoms with Crippen LogP contribution in [-0.4, -0.2) is 31.9 Å². The summed E-state index contributed by atoms with van der Waals surface area (Å²) in [5, 5.41) is 2.76. The first-order chi connectivity index (χ1) is 14.6. The van der Waals surface area contributed by atoms with Crippen molar-refractivity contribution in [3.05, 3.63) is 70.5 Å². The van der Waals surface area contributed by atoms with Gasteiger partial charge in [0.05, 0.1) is 11.7 Å². The summed E-state index contributed by atoms with van der Waals surface area (Å²) in [7, 11) is 0. The van der Waals surface area contributed by atoms with Crippen LogP contribution in [0.3, 0.4) is 0 Å². The van der Waals surface area contributed by atoms with Gasteiger partial charge in [0, 0.05) is 22.9 Å². The zero-order chi connectivity index (χ0) is 20.7. The van der Waals surface area contributed by atoms with Crippen LogP contribution in [0, 0.1) is 13.8 Å². The number of aromatic nitrogens is 4. The van der Waals surface area contributed by atoms with Gasteiger partial charge in [0.2, 0.25) is 0 Å². The van der Waals surface area contributed by atoms with Crippen molar-refractivity contribution in [2.45, 2.75) is 25.2 Å². The molecule has 0 saturated carbocycles. The Morgan fingerprint density at radius 2 is 1.90 bits per heavy atom. The molecule has 4 aromatic rings. The van der Waals surface area contributed by atoms with E-state index in [9.17, 15) is 0 Å². The molecule has 0 spiro atoms. The number of aryl methyl sites for hydroxylation is 2. The van der Waals surface area contributed by atoms with Crippen LogP contribution in [0.5, 0.6) is 0 Å². The molecule has 0 fully saturated rings. The second-order valence-corrected chi connectivity index (χ2v) is 8.23. The number of nitrogens with zero attached hydrogens (tertiary/aromatic N) is 5. The molecule has 5 rings (SSSR count). The van der Waals surface area contributed by atoms with Crippen LogP contribution in [0.25, 0.3) is 17.4 Å². The third kappa shape index (κ3) is 3.29. The highest BCUT2D eigenvalue weighted by Crippen LogP contribution is 2.27. The number of rotatable bonds is 4. The lowest BCUT2D eigenvalue weighted by Crippen LogP contribution is -2.44. The predicted octanol–water partition coefficient (Wildman–Crippen LogP) is 2.55. The van der Waals surface area contributed by atoms with Crippen LogP contribution in [0.4, 0.5) is 11.5 Å². The third-order valence-corrected chi connectivity index (χ3v) is 6.13. The lowest BCUT2D eigenvalue weighted by molar-refractivity contribution is 0.735. The fourth-order valence-corrected chi connectivity index (χ4v) is 4.49. The van der Waals surface area contributed by atoms with Crippen LogP contribution >= 0.6 is 11.8 Å². The summed E-state index contributed by atoms with van der Waals surface area (Å²) >= 11 is 1.53. The SMILES string of the molecule is Cc1ccccc1N1C=c2c(C)cccc2=NC1CSc1nc(N)c2[nH]cnc2n1. The molecular formula is C22H21N7S. The number of H-pyrrole nitrogens is 1. The van der Waals surface area contributed by atoms with Gasteiger partial charge in [0.1, 0.15) is 11.7 Å². The Kier molecular flexibility index (Phi) is 4.63. The van der Waals surface area contributed by atoms with Crippen LogP contribution in [0.15, 0.2) is 58.9 Å². The molecule has 0 radical (unpaired) electrons. The molecule has 1 aliphatic heterocycles. The zero-order valence-corrected chi connectivity index (χ0v) is 17.5. The Labute approximate surface area is 177 Å². The van der Waals surface area contributed by atoms with Crippen LogP contribution in [-0.2, 0) is 0 Å². The number of hydrogen-bond donors (Lipinski definition) is 2. The molecule has 0 saturated heterocycles. The first-order valence-electron chi connectivity index (χ1n) is 9.69. The third-order valence-electron chi connectivity index (χ3n) is 5.23. The highest BCUT2D eigenvalue weighted by Gasteiger charge is 2.22. The number of hydrogen-bond acceptors (Lipinski definition) is 7. The summed E-state index contributed by atoms with van der Waals surface area (Å²) in [6.07, 6.45) is 3.69. The molecule has 30 heavy (non-hydrogen) atoms. The molecule has 8 heteroatoms. The summed E-state index contributed by atoms with van der Waals surface area (Å²) < 4.78 is 0. The Balaban J connectivity index is 1.53. The second kappa shape index (κ2) is 7.46. The highest BCUT2D eigenvalue weighted by molar-refractivity contribution is 7.99. The van der Waals surface area contributed by atoms with Gasteiger partial charge < -0.3 is 15.6 Å². The number of nitrogens with one attached hydrogen (secondary N) is 1. The summed E-state index contributed by atoms with van der Waals surface area (Å²) in [6, 6.07) is 14.6. The van der Waals surface area contributed by atoms with Crippen LogP contribution in [0.2, 0.25) is 0 Å². The van der Waals surface area contributed by atoms with Gasteiger partial charge in [-0.15, -0.1) is 0 Å². The van der Waals surface area contributed by atoms with Gasteiger partial charge in [-0.2, -0.15) is 0 Å². The number of fused-ring (bicyclic) bond motifs is 2. The molecule has 1 aliphatic rings. The largest absolute Gasteiger partial charge is 0.382 e. The van der Waals surface area contributed by atoms with Crippen molar-refractivity contribution in [1.29, 1.82) is 0 Å². The van der Waals surface area contributed by atoms with Gasteiger partial charge in [-0.05, 0) is 37.1 Å². The van der Waals surface area contributed by atoms with E-state index in [0.717, 1.165) is 16.3 Å². The van der Waals surface area contributed by atoms with Gasteiger partial charge in [0.25, 0.3) is 0 Å². The molecule has 3 heterocycles. The molecule has 0 amide bonds. The van der Waals surface area contributed by atoms with Crippen molar-refractivity contribution < 1.29 is 0 Å². The second-order valence-electron chi connectivity index (χ2n) is 7.24. The fourth-order valence-electron chi connectivity index (χ4n) is 3.64. The molecule has 1 atom stereocenters. The molecule has 3 N–H and O–H groups in total. The molecule has 2 aromatic carbocycles. The smallest absolute Gasteiger partial charge is 0.191 e. The molecule has 0 aliphatic carbocycles. The maximum atomic E-state index is 6.05. The van der Waals surface area contributed by atoms with Gasteiger partial charge in [0.15, 0.2) is 16.6 Å². The minimum atomic E-state index is -0.0925. The van der Waals surface area contributed by atoms with Crippen LogP contribution < -0.4 is 21.2 Å². The van der Waals surface area contributed by atoms with E-state index < -0.39 is 0 Å². The van der Waals surface area contributed by atoms with E-state index in [1.54, 1.807) is 6.33 Å². The minimum absolute atomic E-state index is 0.0925. The Bertz CT molecular complexity index is 1360. The average molecular weight is 416 g/mol. The number of benzene rings is 2. The summed E-state index contributed by atoms with van der Waals surface area (Å²) in [4.78, 5) is 23.4. The van der Waals surface area contributed by atoms with Crippen LogP contribution in [0.1, 0.15) is 11.1 Å². The van der Waals surface area contributed by atoms with Crippen molar-refractivity contribution in [2.24, 2.45) is 4.99 Å². The van der Waals surface area contributed by atoms with Crippen molar-refractivity contribution in [3.8, 4) is 0 Å². The standard InChI is InChI=1S/C22H21N7S/c1-13-7-5-8-16-15(13)10-29(17-9-4-3-6-14(17)2)18(26-16)11-30-22-27-20(23)19-21(28-22)25-12-24-19/h3-10,12,18H,11H2,1-2H3,(H3,23,24,25,27,28). The van der Waals surface area contributed by atoms with E-state index in [4.69, 9.17) is 10.7 Å². The number of anilines is 2. The van der Waals surface area contributed by atoms with Crippen molar-refractivity contribution in [2.75, 3.05) is 16.4 Å². The van der Waals surface area contributed by atoms with E-state index >= 15 is 0 Å². The first kappa shape index (κ1) is 18.6. The molecule has 150 valence electrons. The highest BCUT2D eigenvalue weighted by atomic mass is 32.2. The molecule has 7 nitrogen and oxygen atoms in total. The topological polar surface area (TPSA) is 96.1 Å². The number of aromatic amines is 1. The maximum absolute atomic E-state index is 6.05. The predicted molar refractivity (Wildman–Crippen MR) is 121 cm³/mol. The summed E-state index contributed by atoms with van der Waals surface area (Å²) in [6.45, 7) is 4.24. The lowest BCUT2D eigenvalue weighted by Gasteiger charge is -2.31. The van der Waals surface area contributed by atoms with E-state index in [-0.39, 0.29) is 6.17 Å². The molecule has 2 aromatic heterocycles.